The summed E-state index contributed by atoms with van der Waals surface area (Å²) in [7, 11) is 1.64. The van der Waals surface area contributed by atoms with Gasteiger partial charge in [-0.1, -0.05) is 18.6 Å². The highest BCUT2D eigenvalue weighted by molar-refractivity contribution is 7.79. The molecule has 10 heteroatoms. The molecule has 0 saturated carbocycles. The zero-order valence-corrected chi connectivity index (χ0v) is 20.8. The Morgan fingerprint density at radius 1 is 1.12 bits per heavy atom. The number of allylic oxidation sites excluding steroid dienone is 1. The second-order valence-corrected chi connectivity index (χ2v) is 8.24. The predicted molar refractivity (Wildman–Crippen MR) is 134 cm³/mol. The van der Waals surface area contributed by atoms with Gasteiger partial charge in [0, 0.05) is 37.5 Å². The summed E-state index contributed by atoms with van der Waals surface area (Å²) < 4.78 is 0. The predicted octanol–water partition coefficient (Wildman–Crippen LogP) is 1.76. The van der Waals surface area contributed by atoms with Gasteiger partial charge in [-0.25, -0.2) is 0 Å². The van der Waals surface area contributed by atoms with Crippen LogP contribution in [0.4, 0.5) is 5.69 Å². The Hall–Kier alpha value is -3.14. The highest BCUT2D eigenvalue weighted by Gasteiger charge is 2.17. The molecule has 1 unspecified atom stereocenters. The molecule has 34 heavy (non-hydrogen) atoms. The van der Waals surface area contributed by atoms with Crippen molar-refractivity contribution in [2.75, 3.05) is 25.5 Å². The van der Waals surface area contributed by atoms with Crippen molar-refractivity contribution in [3.8, 4) is 0 Å². The zero-order valence-electron chi connectivity index (χ0n) is 19.9. The van der Waals surface area contributed by atoms with Crippen molar-refractivity contribution in [1.29, 1.82) is 0 Å². The minimum absolute atomic E-state index is 0.216. The van der Waals surface area contributed by atoms with Crippen LogP contribution in [0.2, 0.25) is 0 Å². The number of amides is 4. The van der Waals surface area contributed by atoms with Crippen LogP contribution in [0.15, 0.2) is 30.4 Å². The molecular weight excluding hydrogens is 456 g/mol. The van der Waals surface area contributed by atoms with E-state index in [2.05, 4.69) is 28.6 Å². The fraction of sp³-hybridized carbons (Fsp3) is 0.458. The van der Waals surface area contributed by atoms with Gasteiger partial charge in [-0.15, -0.1) is 0 Å². The summed E-state index contributed by atoms with van der Waals surface area (Å²) >= 11 is 4.23. The second kappa shape index (κ2) is 15.7. The Kier molecular flexibility index (Phi) is 13.3. The third kappa shape index (κ3) is 11.1. The lowest BCUT2D eigenvalue weighted by atomic mass is 10.1. The highest BCUT2D eigenvalue weighted by Crippen LogP contribution is 2.17. The lowest BCUT2D eigenvalue weighted by molar-refractivity contribution is -0.128. The molecule has 0 bridgehead atoms. The van der Waals surface area contributed by atoms with Crippen LogP contribution in [0.25, 0.3) is 0 Å². The first-order valence-corrected chi connectivity index (χ1v) is 11.8. The molecule has 0 radical (unpaired) electrons. The molecule has 0 aliphatic heterocycles. The Morgan fingerprint density at radius 2 is 1.85 bits per heavy atom. The van der Waals surface area contributed by atoms with E-state index >= 15 is 0 Å². The Balaban J connectivity index is 2.25. The number of hydrogen-bond acceptors (Lipinski definition) is 6. The summed E-state index contributed by atoms with van der Waals surface area (Å²) in [6.45, 7) is 3.76. The largest absolute Gasteiger partial charge is 0.347 e. The molecule has 1 rings (SSSR count). The molecule has 0 aliphatic carbocycles. The number of anilines is 1. The first-order chi connectivity index (χ1) is 16.2. The van der Waals surface area contributed by atoms with Crippen LogP contribution in [-0.4, -0.2) is 61.0 Å². The van der Waals surface area contributed by atoms with E-state index in [0.717, 1.165) is 23.6 Å². The number of carbonyl (C=O) groups is 5. The van der Waals surface area contributed by atoms with Crippen molar-refractivity contribution >= 4 is 48.2 Å². The summed E-state index contributed by atoms with van der Waals surface area (Å²) in [6, 6.07) is 4.84. The molecule has 0 spiro atoms. The first kappa shape index (κ1) is 28.9. The van der Waals surface area contributed by atoms with Gasteiger partial charge in [0.15, 0.2) is 0 Å². The van der Waals surface area contributed by atoms with Crippen LogP contribution >= 0.6 is 12.6 Å². The molecule has 4 amide bonds. The van der Waals surface area contributed by atoms with Gasteiger partial charge in [-0.05, 0) is 50.0 Å². The molecule has 9 nitrogen and oxygen atoms in total. The first-order valence-electron chi connectivity index (χ1n) is 11.1. The average molecular weight is 491 g/mol. The lowest BCUT2D eigenvalue weighted by Gasteiger charge is -2.16. The summed E-state index contributed by atoms with van der Waals surface area (Å²) in [5.41, 5.74) is 2.61. The van der Waals surface area contributed by atoms with E-state index in [1.165, 1.54) is 11.0 Å². The van der Waals surface area contributed by atoms with Crippen molar-refractivity contribution in [2.45, 2.75) is 51.3 Å². The Morgan fingerprint density at radius 3 is 2.50 bits per heavy atom. The molecule has 0 aromatic heterocycles. The Labute approximate surface area is 206 Å². The van der Waals surface area contributed by atoms with Gasteiger partial charge in [-0.3, -0.25) is 24.0 Å². The number of rotatable bonds is 14. The molecule has 0 fully saturated rings. The molecular formula is C24H34N4O5S. The quantitative estimate of drug-likeness (QED) is 0.137. The number of aryl methyl sites for hydroxylation is 1. The minimum Gasteiger partial charge on any atom is -0.347 e. The van der Waals surface area contributed by atoms with Gasteiger partial charge >= 0.3 is 0 Å². The van der Waals surface area contributed by atoms with E-state index in [0.29, 0.717) is 37.1 Å². The number of aldehydes is 1. The number of thiol groups is 1. The van der Waals surface area contributed by atoms with E-state index in [4.69, 9.17) is 0 Å². The van der Waals surface area contributed by atoms with Gasteiger partial charge in [0.25, 0.3) is 0 Å². The maximum Gasteiger partial charge on any atom is 0.246 e. The normalized spacial score (nSPS) is 11.5. The van der Waals surface area contributed by atoms with E-state index in [1.807, 2.05) is 19.1 Å². The van der Waals surface area contributed by atoms with E-state index < -0.39 is 11.9 Å². The van der Waals surface area contributed by atoms with E-state index in [9.17, 15) is 24.0 Å². The molecule has 3 N–H and O–H groups in total. The maximum atomic E-state index is 12.4. The van der Waals surface area contributed by atoms with Gasteiger partial charge in [-0.2, -0.15) is 12.6 Å². The SMILES string of the molecule is Cc1cc(CS)ccc1NC(=O)C(C)NC(=O)CNC(=O)CCCCCN(C)C(=O)/C=C\C=O. The van der Waals surface area contributed by atoms with Crippen molar-refractivity contribution in [3.05, 3.63) is 41.5 Å². The summed E-state index contributed by atoms with van der Waals surface area (Å²) in [5.74, 6) is -0.716. The molecule has 1 aromatic rings. The van der Waals surface area contributed by atoms with Crippen molar-refractivity contribution in [3.63, 3.8) is 0 Å². The molecule has 1 aromatic carbocycles. The maximum absolute atomic E-state index is 12.4. The summed E-state index contributed by atoms with van der Waals surface area (Å²) in [4.78, 5) is 59.7. The summed E-state index contributed by atoms with van der Waals surface area (Å²) in [5, 5.41) is 7.90. The highest BCUT2D eigenvalue weighted by atomic mass is 32.1. The fourth-order valence-electron chi connectivity index (χ4n) is 3.00. The Bertz CT molecular complexity index is 903. The van der Waals surface area contributed by atoms with Crippen LogP contribution < -0.4 is 16.0 Å². The van der Waals surface area contributed by atoms with Crippen LogP contribution in [0.1, 0.15) is 43.7 Å². The standard InChI is InChI=1S/C24H34N4O5S/c1-17-14-19(16-34)10-11-20(17)27-24(33)18(2)26-22(31)15-25-21(30)8-5-4-6-12-28(3)23(32)9-7-13-29/h7,9-11,13-14,18,34H,4-6,8,12,15-16H2,1-3H3,(H,25,30)(H,26,31)(H,27,33)/b9-7-. The number of nitrogens with zero attached hydrogens (tertiary/aromatic N) is 1. The summed E-state index contributed by atoms with van der Waals surface area (Å²) in [6.07, 6.45) is 5.23. The van der Waals surface area contributed by atoms with Crippen LogP contribution in [0, 0.1) is 6.92 Å². The van der Waals surface area contributed by atoms with Crippen molar-refractivity contribution in [2.24, 2.45) is 0 Å². The van der Waals surface area contributed by atoms with E-state index in [1.54, 1.807) is 20.0 Å². The number of nitrogens with one attached hydrogen (secondary N) is 3. The van der Waals surface area contributed by atoms with Crippen LogP contribution in [0.3, 0.4) is 0 Å². The third-order valence-electron chi connectivity index (χ3n) is 5.04. The number of unbranched alkanes of at least 4 members (excludes halogenated alkanes) is 2. The van der Waals surface area contributed by atoms with E-state index in [-0.39, 0.29) is 30.7 Å². The monoisotopic (exact) mass is 490 g/mol. The second-order valence-electron chi connectivity index (χ2n) is 7.93. The number of likely N-dealkylation sites (N-methyl/N-ethyl adjacent to an activating group) is 1. The smallest absolute Gasteiger partial charge is 0.246 e. The minimum atomic E-state index is -0.769. The van der Waals surface area contributed by atoms with Crippen LogP contribution in [-0.2, 0) is 29.7 Å². The number of hydrogen-bond donors (Lipinski definition) is 4. The molecule has 0 saturated heterocycles. The van der Waals surface area contributed by atoms with Gasteiger partial charge in [0.05, 0.1) is 6.54 Å². The lowest BCUT2D eigenvalue weighted by Crippen LogP contribution is -2.45. The number of carbonyl (C=O) groups excluding carboxylic acids is 5. The molecule has 1 atom stereocenters. The molecule has 0 heterocycles. The number of benzene rings is 1. The molecule has 0 aliphatic rings. The third-order valence-corrected chi connectivity index (χ3v) is 5.40. The average Bonchev–Trinajstić information content (AvgIpc) is 2.81. The fourth-order valence-corrected chi connectivity index (χ4v) is 3.20. The van der Waals surface area contributed by atoms with Gasteiger partial charge in [0.1, 0.15) is 12.3 Å². The molecule has 186 valence electrons. The zero-order chi connectivity index (χ0) is 25.5. The van der Waals surface area contributed by atoms with Crippen molar-refractivity contribution in [1.82, 2.24) is 15.5 Å². The van der Waals surface area contributed by atoms with Gasteiger partial charge < -0.3 is 20.9 Å². The topological polar surface area (TPSA) is 125 Å². The van der Waals surface area contributed by atoms with Crippen LogP contribution in [0.5, 0.6) is 0 Å². The van der Waals surface area contributed by atoms with Gasteiger partial charge in [0.2, 0.25) is 23.6 Å². The van der Waals surface area contributed by atoms with Crippen molar-refractivity contribution < 1.29 is 24.0 Å².